The summed E-state index contributed by atoms with van der Waals surface area (Å²) in [5.41, 5.74) is 1.50. The monoisotopic (exact) mass is 303 g/mol. The summed E-state index contributed by atoms with van der Waals surface area (Å²) in [7, 11) is -3.57. The van der Waals surface area contributed by atoms with E-state index in [-0.39, 0.29) is 4.90 Å². The molecule has 2 aromatic rings. The highest BCUT2D eigenvalue weighted by molar-refractivity contribution is 7.92. The van der Waals surface area contributed by atoms with Gasteiger partial charge in [0, 0.05) is 5.69 Å². The molecule has 1 N–H and O–H groups in total. The molecular formula is C16H17NO3S. The van der Waals surface area contributed by atoms with E-state index in [0.717, 1.165) is 5.56 Å². The second-order valence-corrected chi connectivity index (χ2v) is 6.23. The van der Waals surface area contributed by atoms with E-state index < -0.39 is 10.0 Å². The molecule has 5 heteroatoms. The van der Waals surface area contributed by atoms with E-state index in [1.165, 1.54) is 0 Å². The lowest BCUT2D eigenvalue weighted by atomic mass is 10.2. The summed E-state index contributed by atoms with van der Waals surface area (Å²) in [5, 5.41) is 0. The van der Waals surface area contributed by atoms with Gasteiger partial charge in [-0.15, -0.1) is 0 Å². The number of hydrogen-bond acceptors (Lipinski definition) is 3. The molecule has 110 valence electrons. The number of ether oxygens (including phenoxy) is 1. The van der Waals surface area contributed by atoms with Crippen molar-refractivity contribution >= 4 is 15.7 Å². The zero-order chi connectivity index (χ0) is 15.3. The normalized spacial score (nSPS) is 10.9. The van der Waals surface area contributed by atoms with Crippen LogP contribution in [0.15, 0.2) is 66.1 Å². The molecule has 0 atom stereocenters. The summed E-state index contributed by atoms with van der Waals surface area (Å²) in [6.07, 6.45) is 1.65. The minimum atomic E-state index is -3.57. The van der Waals surface area contributed by atoms with Crippen molar-refractivity contribution in [1.29, 1.82) is 0 Å². The van der Waals surface area contributed by atoms with Gasteiger partial charge in [0.25, 0.3) is 10.0 Å². The zero-order valence-corrected chi connectivity index (χ0v) is 12.6. The molecular weight excluding hydrogens is 286 g/mol. The lowest BCUT2D eigenvalue weighted by Gasteiger charge is -2.09. The Bertz CT molecular complexity index is 704. The Morgan fingerprint density at radius 2 is 1.71 bits per heavy atom. The van der Waals surface area contributed by atoms with Gasteiger partial charge in [0.15, 0.2) is 0 Å². The van der Waals surface area contributed by atoms with Gasteiger partial charge in [-0.05, 0) is 43.3 Å². The summed E-state index contributed by atoms with van der Waals surface area (Å²) >= 11 is 0. The van der Waals surface area contributed by atoms with E-state index in [2.05, 4.69) is 11.3 Å². The first-order chi connectivity index (χ1) is 10.0. The van der Waals surface area contributed by atoms with Crippen molar-refractivity contribution < 1.29 is 13.2 Å². The molecule has 0 aliphatic heterocycles. The number of aryl methyl sites for hydroxylation is 1. The number of benzene rings is 2. The maximum atomic E-state index is 12.2. The van der Waals surface area contributed by atoms with Crippen LogP contribution in [0.5, 0.6) is 5.75 Å². The molecule has 0 heterocycles. The number of anilines is 1. The third-order valence-electron chi connectivity index (χ3n) is 2.81. The zero-order valence-electron chi connectivity index (χ0n) is 11.7. The molecule has 0 aliphatic carbocycles. The second-order valence-electron chi connectivity index (χ2n) is 4.54. The van der Waals surface area contributed by atoms with Gasteiger partial charge >= 0.3 is 0 Å². The Morgan fingerprint density at radius 3 is 2.29 bits per heavy atom. The predicted molar refractivity (Wildman–Crippen MR) is 84.1 cm³/mol. The van der Waals surface area contributed by atoms with Crippen LogP contribution in [-0.2, 0) is 10.0 Å². The van der Waals surface area contributed by atoms with Gasteiger partial charge in [-0.2, -0.15) is 0 Å². The summed E-state index contributed by atoms with van der Waals surface area (Å²) in [4.78, 5) is 0.236. The summed E-state index contributed by atoms with van der Waals surface area (Å²) < 4.78 is 32.3. The largest absolute Gasteiger partial charge is 0.490 e. The van der Waals surface area contributed by atoms with Gasteiger partial charge < -0.3 is 4.74 Å². The van der Waals surface area contributed by atoms with Crippen molar-refractivity contribution in [3.8, 4) is 5.75 Å². The lowest BCUT2D eigenvalue weighted by Crippen LogP contribution is -2.12. The van der Waals surface area contributed by atoms with Crippen molar-refractivity contribution in [2.24, 2.45) is 0 Å². The summed E-state index contributed by atoms with van der Waals surface area (Å²) in [6.45, 7) is 5.88. The van der Waals surface area contributed by atoms with Gasteiger partial charge in [0.1, 0.15) is 12.4 Å². The lowest BCUT2D eigenvalue weighted by molar-refractivity contribution is 0.363. The van der Waals surface area contributed by atoms with Crippen LogP contribution < -0.4 is 9.46 Å². The molecule has 0 unspecified atom stereocenters. The fraction of sp³-hybridized carbons (Fsp3) is 0.125. The van der Waals surface area contributed by atoms with Crippen LogP contribution in [0.25, 0.3) is 0 Å². The molecule has 4 nitrogen and oxygen atoms in total. The fourth-order valence-corrected chi connectivity index (χ4v) is 2.76. The van der Waals surface area contributed by atoms with Crippen LogP contribution in [0.1, 0.15) is 5.56 Å². The molecule has 0 radical (unpaired) electrons. The number of sulfonamides is 1. The average Bonchev–Trinajstić information content (AvgIpc) is 2.47. The molecule has 0 saturated heterocycles. The van der Waals surface area contributed by atoms with Crippen molar-refractivity contribution in [1.82, 2.24) is 0 Å². The first kappa shape index (κ1) is 15.1. The van der Waals surface area contributed by atoms with Crippen LogP contribution in [0.3, 0.4) is 0 Å². The van der Waals surface area contributed by atoms with Gasteiger partial charge in [0.05, 0.1) is 4.90 Å². The Hall–Kier alpha value is -2.27. The topological polar surface area (TPSA) is 55.4 Å². The average molecular weight is 303 g/mol. The van der Waals surface area contributed by atoms with Crippen molar-refractivity contribution in [2.45, 2.75) is 11.8 Å². The van der Waals surface area contributed by atoms with E-state index >= 15 is 0 Å². The van der Waals surface area contributed by atoms with Crippen molar-refractivity contribution in [2.75, 3.05) is 11.3 Å². The Kier molecular flexibility index (Phi) is 4.65. The summed E-state index contributed by atoms with van der Waals surface area (Å²) in [5.74, 6) is 0.660. The van der Waals surface area contributed by atoms with Crippen LogP contribution in [-0.4, -0.2) is 15.0 Å². The van der Waals surface area contributed by atoms with Crippen LogP contribution >= 0.6 is 0 Å². The van der Waals surface area contributed by atoms with Gasteiger partial charge in [-0.1, -0.05) is 30.4 Å². The quantitative estimate of drug-likeness (QED) is 0.833. The SMILES string of the molecule is C=CCOc1ccc(NS(=O)(=O)c2ccc(C)cc2)cc1. The molecule has 0 aliphatic rings. The molecule has 0 amide bonds. The standard InChI is InChI=1S/C16H17NO3S/c1-3-12-20-15-8-6-14(7-9-15)17-21(18,19)16-10-4-13(2)5-11-16/h3-11,17H,1,12H2,2H3. The molecule has 0 fully saturated rings. The smallest absolute Gasteiger partial charge is 0.261 e. The van der Waals surface area contributed by atoms with E-state index in [9.17, 15) is 8.42 Å². The van der Waals surface area contributed by atoms with E-state index in [0.29, 0.717) is 18.0 Å². The maximum absolute atomic E-state index is 12.2. The second kappa shape index (κ2) is 6.45. The molecule has 0 spiro atoms. The first-order valence-corrected chi connectivity index (χ1v) is 7.93. The molecule has 0 saturated carbocycles. The van der Waals surface area contributed by atoms with Gasteiger partial charge in [0.2, 0.25) is 0 Å². The molecule has 0 aromatic heterocycles. The number of hydrogen-bond donors (Lipinski definition) is 1. The van der Waals surface area contributed by atoms with Crippen LogP contribution in [0.2, 0.25) is 0 Å². The highest BCUT2D eigenvalue weighted by Crippen LogP contribution is 2.19. The van der Waals surface area contributed by atoms with Crippen LogP contribution in [0, 0.1) is 6.92 Å². The Labute approximate surface area is 125 Å². The minimum Gasteiger partial charge on any atom is -0.490 e. The van der Waals surface area contributed by atoms with Crippen molar-refractivity contribution in [3.63, 3.8) is 0 Å². The third kappa shape index (κ3) is 4.10. The molecule has 21 heavy (non-hydrogen) atoms. The van der Waals surface area contributed by atoms with Gasteiger partial charge in [-0.25, -0.2) is 8.42 Å². The van der Waals surface area contributed by atoms with E-state index in [1.54, 1.807) is 54.6 Å². The van der Waals surface area contributed by atoms with Gasteiger partial charge in [-0.3, -0.25) is 4.72 Å². The minimum absolute atomic E-state index is 0.236. The third-order valence-corrected chi connectivity index (χ3v) is 4.20. The molecule has 2 rings (SSSR count). The highest BCUT2D eigenvalue weighted by Gasteiger charge is 2.13. The molecule has 0 bridgehead atoms. The Balaban J connectivity index is 2.13. The highest BCUT2D eigenvalue weighted by atomic mass is 32.2. The molecule has 2 aromatic carbocycles. The van der Waals surface area contributed by atoms with Crippen LogP contribution in [0.4, 0.5) is 5.69 Å². The fourth-order valence-electron chi connectivity index (χ4n) is 1.71. The van der Waals surface area contributed by atoms with E-state index in [1.807, 2.05) is 6.92 Å². The summed E-state index contributed by atoms with van der Waals surface area (Å²) in [6, 6.07) is 13.4. The Morgan fingerprint density at radius 1 is 1.10 bits per heavy atom. The maximum Gasteiger partial charge on any atom is 0.261 e. The number of nitrogens with one attached hydrogen (secondary N) is 1. The van der Waals surface area contributed by atoms with Crippen molar-refractivity contribution in [3.05, 3.63) is 66.7 Å². The predicted octanol–water partition coefficient (Wildman–Crippen LogP) is 3.36. The van der Waals surface area contributed by atoms with E-state index in [4.69, 9.17) is 4.74 Å². The number of rotatable bonds is 6. The first-order valence-electron chi connectivity index (χ1n) is 6.44.